The molecular weight excluding hydrogens is 188 g/mol. The van der Waals surface area contributed by atoms with Crippen LogP contribution in [0.15, 0.2) is 18.2 Å². The van der Waals surface area contributed by atoms with Gasteiger partial charge in [0.15, 0.2) is 0 Å². The van der Waals surface area contributed by atoms with E-state index in [-0.39, 0.29) is 6.42 Å². The molecule has 0 fully saturated rings. The molecule has 0 bridgehead atoms. The Morgan fingerprint density at radius 3 is 2.73 bits per heavy atom. The van der Waals surface area contributed by atoms with Crippen LogP contribution in [0.4, 0.5) is 0 Å². The highest BCUT2D eigenvalue weighted by Crippen LogP contribution is 2.18. The zero-order valence-corrected chi connectivity index (χ0v) is 8.24. The van der Waals surface area contributed by atoms with Gasteiger partial charge in [-0.2, -0.15) is 10.5 Å². The zero-order chi connectivity index (χ0) is 11.1. The van der Waals surface area contributed by atoms with Gasteiger partial charge in [0, 0.05) is 5.56 Å². The van der Waals surface area contributed by atoms with Gasteiger partial charge in [-0.15, -0.1) is 0 Å². The fourth-order valence-electron chi connectivity index (χ4n) is 1.05. The van der Waals surface area contributed by atoms with Crippen molar-refractivity contribution in [3.05, 3.63) is 29.3 Å². The maximum absolute atomic E-state index is 8.75. The fraction of sp³-hybridized carbons (Fsp3) is 0.167. The summed E-state index contributed by atoms with van der Waals surface area (Å²) in [4.78, 5) is 0. The summed E-state index contributed by atoms with van der Waals surface area (Å²) in [5.41, 5.74) is 1.21. The van der Waals surface area contributed by atoms with E-state index in [0.29, 0.717) is 11.3 Å². The molecule has 1 aromatic carbocycles. The highest BCUT2D eigenvalue weighted by Gasteiger charge is 2.01. The molecule has 1 rings (SSSR count). The number of hydrogen-bond donors (Lipinski definition) is 0. The van der Waals surface area contributed by atoms with Crippen molar-refractivity contribution in [1.29, 1.82) is 10.5 Å². The third-order valence-electron chi connectivity index (χ3n) is 1.72. The van der Waals surface area contributed by atoms with Gasteiger partial charge in [-0.25, -0.2) is 0 Å². The fourth-order valence-corrected chi connectivity index (χ4v) is 1.05. The second-order valence-electron chi connectivity index (χ2n) is 2.66. The summed E-state index contributed by atoms with van der Waals surface area (Å²) in [7, 11) is 1.50. The number of benzene rings is 1. The average Bonchev–Trinajstić information content (AvgIpc) is 2.29. The van der Waals surface area contributed by atoms with Crippen molar-refractivity contribution >= 4 is 0 Å². The Labute approximate surface area is 88.5 Å². The Hall–Kier alpha value is -2.44. The Kier molecular flexibility index (Phi) is 3.78. The van der Waals surface area contributed by atoms with Crippen LogP contribution in [0.5, 0.6) is 5.75 Å². The molecule has 0 heterocycles. The van der Waals surface area contributed by atoms with Crippen LogP contribution in [0.25, 0.3) is 0 Å². The molecule has 0 unspecified atom stereocenters. The smallest absolute Gasteiger partial charge is 0.137 e. The third-order valence-corrected chi connectivity index (χ3v) is 1.72. The van der Waals surface area contributed by atoms with Crippen molar-refractivity contribution in [1.82, 2.24) is 0 Å². The van der Waals surface area contributed by atoms with Crippen LogP contribution >= 0.6 is 0 Å². The van der Waals surface area contributed by atoms with Gasteiger partial charge >= 0.3 is 0 Å². The van der Waals surface area contributed by atoms with Crippen LogP contribution in [-0.4, -0.2) is 7.11 Å². The SMILES string of the molecule is COc1cc(C#CCC#N)ccc1C#N. The number of rotatable bonds is 1. The lowest BCUT2D eigenvalue weighted by atomic mass is 10.1. The molecule has 0 aromatic heterocycles. The molecule has 0 N–H and O–H groups in total. The van der Waals surface area contributed by atoms with E-state index in [1.807, 2.05) is 12.1 Å². The molecule has 3 nitrogen and oxygen atoms in total. The van der Waals surface area contributed by atoms with Crippen molar-refractivity contribution in [2.45, 2.75) is 6.42 Å². The van der Waals surface area contributed by atoms with E-state index in [1.54, 1.807) is 18.2 Å². The molecule has 0 amide bonds. The van der Waals surface area contributed by atoms with E-state index in [4.69, 9.17) is 15.3 Å². The van der Waals surface area contributed by atoms with Gasteiger partial charge in [-0.05, 0) is 18.2 Å². The lowest BCUT2D eigenvalue weighted by Crippen LogP contribution is -1.88. The first-order valence-electron chi connectivity index (χ1n) is 4.25. The monoisotopic (exact) mass is 196 g/mol. The highest BCUT2D eigenvalue weighted by molar-refractivity contribution is 5.49. The number of ether oxygens (including phenoxy) is 1. The number of nitrogens with zero attached hydrogens (tertiary/aromatic N) is 2. The summed E-state index contributed by atoms with van der Waals surface area (Å²) in [6.45, 7) is 0. The number of hydrogen-bond acceptors (Lipinski definition) is 3. The molecule has 1 aromatic rings. The molecule has 15 heavy (non-hydrogen) atoms. The van der Waals surface area contributed by atoms with Gasteiger partial charge in [-0.3, -0.25) is 0 Å². The molecule has 0 aliphatic carbocycles. The summed E-state index contributed by atoms with van der Waals surface area (Å²) in [5.74, 6) is 6.00. The Bertz CT molecular complexity index is 495. The molecule has 0 radical (unpaired) electrons. The molecule has 0 saturated heterocycles. The second kappa shape index (κ2) is 5.32. The quantitative estimate of drug-likeness (QED) is 0.644. The number of nitriles is 2. The average molecular weight is 196 g/mol. The highest BCUT2D eigenvalue weighted by atomic mass is 16.5. The van der Waals surface area contributed by atoms with E-state index >= 15 is 0 Å². The van der Waals surface area contributed by atoms with Crippen LogP contribution in [0.1, 0.15) is 17.5 Å². The largest absolute Gasteiger partial charge is 0.495 e. The van der Waals surface area contributed by atoms with Gasteiger partial charge in [0.05, 0.1) is 25.2 Å². The normalized spacial score (nSPS) is 7.93. The summed E-state index contributed by atoms with van der Waals surface area (Å²) in [6, 6.07) is 9.01. The standard InChI is InChI=1S/C12H8N2O/c1-15-12-8-10(4-2-3-7-13)5-6-11(12)9-14/h5-6,8H,3H2,1H3. The van der Waals surface area contributed by atoms with Gasteiger partial charge in [0.25, 0.3) is 0 Å². The molecule has 0 aliphatic heterocycles. The molecule has 0 saturated carbocycles. The van der Waals surface area contributed by atoms with Crippen molar-refractivity contribution in [3.63, 3.8) is 0 Å². The van der Waals surface area contributed by atoms with Crippen LogP contribution in [-0.2, 0) is 0 Å². The second-order valence-corrected chi connectivity index (χ2v) is 2.66. The summed E-state index contributed by atoms with van der Waals surface area (Å²) >= 11 is 0. The molecule has 0 atom stereocenters. The number of methoxy groups -OCH3 is 1. The van der Waals surface area contributed by atoms with E-state index in [1.165, 1.54) is 7.11 Å². The zero-order valence-electron chi connectivity index (χ0n) is 8.24. The summed E-state index contributed by atoms with van der Waals surface area (Å²) in [6.07, 6.45) is 0.197. The van der Waals surface area contributed by atoms with Gasteiger partial charge in [-0.1, -0.05) is 11.8 Å². The maximum Gasteiger partial charge on any atom is 0.137 e. The van der Waals surface area contributed by atoms with E-state index < -0.39 is 0 Å². The lowest BCUT2D eigenvalue weighted by molar-refractivity contribution is 0.413. The van der Waals surface area contributed by atoms with Gasteiger partial charge in [0.1, 0.15) is 11.8 Å². The first-order valence-corrected chi connectivity index (χ1v) is 4.25. The molecular formula is C12H8N2O. The van der Waals surface area contributed by atoms with Gasteiger partial charge < -0.3 is 4.74 Å². The topological polar surface area (TPSA) is 56.8 Å². The third kappa shape index (κ3) is 2.76. The molecule has 3 heteroatoms. The molecule has 72 valence electrons. The minimum Gasteiger partial charge on any atom is -0.495 e. The maximum atomic E-state index is 8.75. The van der Waals surface area contributed by atoms with Gasteiger partial charge in [0.2, 0.25) is 0 Å². The van der Waals surface area contributed by atoms with Crippen LogP contribution in [0.2, 0.25) is 0 Å². The molecule has 0 aliphatic rings. The Morgan fingerprint density at radius 2 is 2.13 bits per heavy atom. The van der Waals surface area contributed by atoms with Crippen LogP contribution in [0.3, 0.4) is 0 Å². The molecule has 0 spiro atoms. The minimum atomic E-state index is 0.197. The Morgan fingerprint density at radius 1 is 1.33 bits per heavy atom. The first-order chi connectivity index (χ1) is 7.31. The first kappa shape index (κ1) is 10.6. The van der Waals surface area contributed by atoms with Crippen LogP contribution < -0.4 is 4.74 Å². The van der Waals surface area contributed by atoms with Crippen molar-refractivity contribution in [3.8, 4) is 29.7 Å². The van der Waals surface area contributed by atoms with E-state index in [2.05, 4.69) is 11.8 Å². The van der Waals surface area contributed by atoms with E-state index in [9.17, 15) is 0 Å². The lowest BCUT2D eigenvalue weighted by Gasteiger charge is -2.01. The summed E-state index contributed by atoms with van der Waals surface area (Å²) in [5, 5.41) is 17.1. The minimum absolute atomic E-state index is 0.197. The predicted octanol–water partition coefficient (Wildman–Crippen LogP) is 1.83. The summed E-state index contributed by atoms with van der Waals surface area (Å²) < 4.78 is 5.03. The Balaban J connectivity index is 3.02. The van der Waals surface area contributed by atoms with Crippen LogP contribution in [0, 0.1) is 34.5 Å². The van der Waals surface area contributed by atoms with Crippen molar-refractivity contribution in [2.75, 3.05) is 7.11 Å². The predicted molar refractivity (Wildman–Crippen MR) is 54.8 cm³/mol. The van der Waals surface area contributed by atoms with E-state index in [0.717, 1.165) is 5.56 Å². The van der Waals surface area contributed by atoms with Crippen molar-refractivity contribution in [2.24, 2.45) is 0 Å². The van der Waals surface area contributed by atoms with Crippen molar-refractivity contribution < 1.29 is 4.74 Å².